The van der Waals surface area contributed by atoms with Gasteiger partial charge in [-0.1, -0.05) is 68.0 Å². The molecular weight excluding hydrogens is 550 g/mol. The van der Waals surface area contributed by atoms with E-state index in [9.17, 15) is 24.3 Å². The highest BCUT2D eigenvalue weighted by Crippen LogP contribution is 2.53. The molecule has 1 unspecified atom stereocenters. The van der Waals surface area contributed by atoms with E-state index >= 15 is 0 Å². The molecule has 1 aromatic carbocycles. The van der Waals surface area contributed by atoms with Crippen LogP contribution in [0.4, 0.5) is 0 Å². The molecular formula is C33H43N3O7. The number of ether oxygens (including phenoxy) is 2. The summed E-state index contributed by atoms with van der Waals surface area (Å²) in [7, 11) is 0. The van der Waals surface area contributed by atoms with Crippen LogP contribution in [0.3, 0.4) is 0 Å². The Labute approximate surface area is 253 Å². The number of rotatable bonds is 8. The van der Waals surface area contributed by atoms with Crippen LogP contribution in [0.5, 0.6) is 0 Å². The third-order valence-corrected chi connectivity index (χ3v) is 9.14. The normalized spacial score (nSPS) is 32.5. The molecule has 4 aliphatic heterocycles. The standard InChI is InChI=1S/C33H43N3O7/c1-3-12-22(2)35-19-11-17-33-28(31(40)36(18-9-10-20-37)29(33)32(35)41)27-25(43-33)15-7-8-16-26(38)42-21-24(34-30(27)39)23-13-5-4-6-14-23/h4-7,11,13-15,17,22,24-25,27-29,37H,3,8-10,12,16,18-21H2,1-2H3,(H,34,39)/b15-7-/t22?,24-,25+,27-,28-,29+,33-/m0/s1. The number of likely N-dealkylation sites (tertiary alicyclic amines) is 1. The van der Waals surface area contributed by atoms with Crippen LogP contribution in [0.25, 0.3) is 0 Å². The first-order chi connectivity index (χ1) is 20.8. The molecule has 0 aromatic heterocycles. The van der Waals surface area contributed by atoms with Crippen LogP contribution < -0.4 is 5.32 Å². The van der Waals surface area contributed by atoms with Gasteiger partial charge in [0, 0.05) is 32.2 Å². The maximum absolute atomic E-state index is 14.4. The molecule has 0 radical (unpaired) electrons. The van der Waals surface area contributed by atoms with Gasteiger partial charge in [0.1, 0.15) is 18.2 Å². The average molecular weight is 594 g/mol. The van der Waals surface area contributed by atoms with E-state index in [2.05, 4.69) is 12.2 Å². The summed E-state index contributed by atoms with van der Waals surface area (Å²) in [4.78, 5) is 58.8. The average Bonchev–Trinajstić information content (AvgIpc) is 3.37. The molecule has 10 nitrogen and oxygen atoms in total. The first kappa shape index (κ1) is 30.9. The first-order valence-corrected chi connectivity index (χ1v) is 15.6. The maximum Gasteiger partial charge on any atom is 0.306 e. The van der Waals surface area contributed by atoms with E-state index in [0.717, 1.165) is 18.4 Å². The van der Waals surface area contributed by atoms with Crippen molar-refractivity contribution >= 4 is 23.7 Å². The van der Waals surface area contributed by atoms with Crippen molar-refractivity contribution in [2.24, 2.45) is 11.8 Å². The summed E-state index contributed by atoms with van der Waals surface area (Å²) in [6.07, 6.45) is 9.80. The van der Waals surface area contributed by atoms with Crippen LogP contribution in [-0.2, 0) is 28.7 Å². The van der Waals surface area contributed by atoms with Gasteiger partial charge >= 0.3 is 5.97 Å². The highest BCUT2D eigenvalue weighted by atomic mass is 16.5. The first-order valence-electron chi connectivity index (χ1n) is 15.6. The molecule has 2 N–H and O–H groups in total. The number of carbonyl (C=O) groups excluding carboxylic acids is 4. The second-order valence-electron chi connectivity index (χ2n) is 12.0. The zero-order valence-electron chi connectivity index (χ0n) is 25.0. The third kappa shape index (κ3) is 5.99. The summed E-state index contributed by atoms with van der Waals surface area (Å²) in [6, 6.07) is 7.68. The summed E-state index contributed by atoms with van der Waals surface area (Å²) in [5.41, 5.74) is -0.562. The van der Waals surface area contributed by atoms with Crippen LogP contribution >= 0.6 is 0 Å². The highest BCUT2D eigenvalue weighted by molar-refractivity contribution is 5.99. The molecule has 1 spiro atoms. The zero-order chi connectivity index (χ0) is 30.6. The van der Waals surface area contributed by atoms with Gasteiger partial charge < -0.3 is 29.7 Å². The predicted molar refractivity (Wildman–Crippen MR) is 158 cm³/mol. The summed E-state index contributed by atoms with van der Waals surface area (Å²) >= 11 is 0. The van der Waals surface area contributed by atoms with Gasteiger partial charge in [-0.3, -0.25) is 19.2 Å². The topological polar surface area (TPSA) is 125 Å². The molecule has 232 valence electrons. The molecule has 43 heavy (non-hydrogen) atoms. The minimum Gasteiger partial charge on any atom is -0.463 e. The predicted octanol–water partition coefficient (Wildman–Crippen LogP) is 2.68. The van der Waals surface area contributed by atoms with E-state index in [1.165, 1.54) is 0 Å². The van der Waals surface area contributed by atoms with E-state index < -0.39 is 41.5 Å². The monoisotopic (exact) mass is 593 g/mol. The Kier molecular flexibility index (Phi) is 9.66. The Morgan fingerprint density at radius 3 is 2.63 bits per heavy atom. The minimum absolute atomic E-state index is 0.0192. The number of unbranched alkanes of at least 4 members (excludes halogenated alkanes) is 1. The summed E-state index contributed by atoms with van der Waals surface area (Å²) < 4.78 is 12.3. The molecule has 0 saturated carbocycles. The Morgan fingerprint density at radius 2 is 1.88 bits per heavy atom. The van der Waals surface area contributed by atoms with Crippen LogP contribution in [0.1, 0.15) is 64.0 Å². The van der Waals surface area contributed by atoms with Gasteiger partial charge in [0.15, 0.2) is 0 Å². The molecule has 5 rings (SSSR count). The van der Waals surface area contributed by atoms with Crippen LogP contribution in [-0.4, -0.2) is 88.7 Å². The lowest BCUT2D eigenvalue weighted by molar-refractivity contribution is -0.149. The lowest BCUT2D eigenvalue weighted by Crippen LogP contribution is -2.56. The van der Waals surface area contributed by atoms with Gasteiger partial charge in [-0.15, -0.1) is 0 Å². The Morgan fingerprint density at radius 1 is 1.09 bits per heavy atom. The van der Waals surface area contributed by atoms with E-state index in [-0.39, 0.29) is 50.0 Å². The molecule has 0 aliphatic carbocycles. The molecule has 2 fully saturated rings. The number of fused-ring (bicyclic) bond motifs is 2. The summed E-state index contributed by atoms with van der Waals surface area (Å²) in [5, 5.41) is 12.5. The lowest BCUT2D eigenvalue weighted by atomic mass is 9.77. The molecule has 10 heteroatoms. The zero-order valence-corrected chi connectivity index (χ0v) is 25.0. The molecule has 4 heterocycles. The van der Waals surface area contributed by atoms with Crippen molar-refractivity contribution in [1.82, 2.24) is 15.1 Å². The minimum atomic E-state index is -1.33. The van der Waals surface area contributed by atoms with Crippen molar-refractivity contribution in [3.8, 4) is 0 Å². The Bertz CT molecular complexity index is 1250. The molecule has 3 amide bonds. The second kappa shape index (κ2) is 13.4. The number of aliphatic hydroxyl groups is 1. The van der Waals surface area contributed by atoms with E-state index in [1.54, 1.807) is 17.1 Å². The summed E-state index contributed by atoms with van der Waals surface area (Å²) in [6.45, 7) is 4.70. The molecule has 4 aliphatic rings. The number of benzene rings is 1. The largest absolute Gasteiger partial charge is 0.463 e. The summed E-state index contributed by atoms with van der Waals surface area (Å²) in [5.74, 6) is -3.08. The van der Waals surface area contributed by atoms with Gasteiger partial charge in [-0.2, -0.15) is 0 Å². The number of carbonyl (C=O) groups is 4. The van der Waals surface area contributed by atoms with E-state index in [1.807, 2.05) is 54.3 Å². The smallest absolute Gasteiger partial charge is 0.306 e. The van der Waals surface area contributed by atoms with Crippen molar-refractivity contribution < 1.29 is 33.8 Å². The highest BCUT2D eigenvalue weighted by Gasteiger charge is 2.71. The van der Waals surface area contributed by atoms with Gasteiger partial charge in [-0.05, 0) is 38.2 Å². The second-order valence-corrected chi connectivity index (χ2v) is 12.0. The van der Waals surface area contributed by atoms with Crippen LogP contribution in [0.15, 0.2) is 54.6 Å². The number of allylic oxidation sites excluding steroid dienone is 1. The molecule has 2 saturated heterocycles. The van der Waals surface area contributed by atoms with Crippen molar-refractivity contribution in [3.63, 3.8) is 0 Å². The van der Waals surface area contributed by atoms with Gasteiger partial charge in [0.05, 0.1) is 24.0 Å². The van der Waals surface area contributed by atoms with Gasteiger partial charge in [0.2, 0.25) is 17.7 Å². The van der Waals surface area contributed by atoms with Crippen molar-refractivity contribution in [3.05, 3.63) is 60.2 Å². The fraction of sp³-hybridized carbons (Fsp3) is 0.576. The number of esters is 1. The van der Waals surface area contributed by atoms with Gasteiger partial charge in [-0.25, -0.2) is 0 Å². The fourth-order valence-electron chi connectivity index (χ4n) is 7.06. The number of amides is 3. The van der Waals surface area contributed by atoms with Crippen LogP contribution in [0.2, 0.25) is 0 Å². The van der Waals surface area contributed by atoms with E-state index in [0.29, 0.717) is 25.8 Å². The van der Waals surface area contributed by atoms with Crippen LogP contribution in [0, 0.1) is 11.8 Å². The lowest BCUT2D eigenvalue weighted by Gasteiger charge is -2.37. The van der Waals surface area contributed by atoms with Crippen molar-refractivity contribution in [2.75, 3.05) is 26.3 Å². The quantitative estimate of drug-likeness (QED) is 0.270. The number of nitrogens with one attached hydrogen (secondary N) is 1. The molecule has 1 aromatic rings. The number of nitrogens with zero attached hydrogens (tertiary/aromatic N) is 2. The molecule has 0 bridgehead atoms. The van der Waals surface area contributed by atoms with E-state index in [4.69, 9.17) is 9.47 Å². The maximum atomic E-state index is 14.4. The number of hydrogen-bond donors (Lipinski definition) is 2. The molecule has 7 atom stereocenters. The third-order valence-electron chi connectivity index (χ3n) is 9.14. The number of cyclic esters (lactones) is 1. The fourth-order valence-corrected chi connectivity index (χ4v) is 7.06. The van der Waals surface area contributed by atoms with Crippen molar-refractivity contribution in [1.29, 1.82) is 0 Å². The number of hydrogen-bond acceptors (Lipinski definition) is 7. The Hall–Kier alpha value is -3.50. The van der Waals surface area contributed by atoms with Crippen molar-refractivity contribution in [2.45, 2.75) is 82.2 Å². The number of aliphatic hydroxyl groups excluding tert-OH is 1. The Balaban J connectivity index is 1.56. The van der Waals surface area contributed by atoms with Gasteiger partial charge in [0.25, 0.3) is 0 Å². The SMILES string of the molecule is CCCC(C)N1CC=C[C@]23O[C@@H]4/C=C\CCC(=O)OC[C@@H](c5ccccc5)NC(=O)[C@@H]4[C@H]2C(=O)N(CCCCO)[C@@H]3C1=O.